The van der Waals surface area contributed by atoms with Crippen LogP contribution in [0.1, 0.15) is 45.9 Å². The minimum Gasteiger partial charge on any atom is -0.378 e. The number of hydrogen-bond acceptors (Lipinski definition) is 4. The third kappa shape index (κ3) is 4.28. The number of aromatic nitrogens is 3. The van der Waals surface area contributed by atoms with Gasteiger partial charge in [-0.15, -0.1) is 0 Å². The summed E-state index contributed by atoms with van der Waals surface area (Å²) in [7, 11) is 0. The van der Waals surface area contributed by atoms with E-state index in [0.717, 1.165) is 37.7 Å². The zero-order valence-corrected chi connectivity index (χ0v) is 13.0. The largest absolute Gasteiger partial charge is 0.378 e. The van der Waals surface area contributed by atoms with Crippen molar-refractivity contribution in [3.8, 4) is 0 Å². The van der Waals surface area contributed by atoms with E-state index in [1.54, 1.807) is 6.33 Å². The number of nitrogens with two attached hydrogens (primary N) is 1. The van der Waals surface area contributed by atoms with Gasteiger partial charge in [-0.1, -0.05) is 13.8 Å². The molecule has 0 radical (unpaired) electrons. The normalized spacial score (nSPS) is 23.9. The van der Waals surface area contributed by atoms with Crippen molar-refractivity contribution in [2.45, 2.75) is 65.1 Å². The Morgan fingerprint density at radius 2 is 2.20 bits per heavy atom. The second-order valence-corrected chi connectivity index (χ2v) is 6.37. The van der Waals surface area contributed by atoms with Crippen molar-refractivity contribution in [3.63, 3.8) is 0 Å². The molecule has 0 amide bonds. The van der Waals surface area contributed by atoms with Crippen molar-refractivity contribution < 1.29 is 4.74 Å². The van der Waals surface area contributed by atoms with Crippen LogP contribution in [-0.4, -0.2) is 33.5 Å². The lowest BCUT2D eigenvalue weighted by molar-refractivity contribution is -0.0281. The van der Waals surface area contributed by atoms with E-state index in [0.29, 0.717) is 12.0 Å². The summed E-state index contributed by atoms with van der Waals surface area (Å²) >= 11 is 0. The minimum absolute atomic E-state index is 0.178. The van der Waals surface area contributed by atoms with Crippen LogP contribution in [0.2, 0.25) is 0 Å². The van der Waals surface area contributed by atoms with Crippen LogP contribution in [0.5, 0.6) is 0 Å². The molecule has 1 saturated carbocycles. The van der Waals surface area contributed by atoms with Crippen LogP contribution in [0.15, 0.2) is 6.33 Å². The molecule has 1 aliphatic carbocycles. The Morgan fingerprint density at radius 1 is 1.45 bits per heavy atom. The summed E-state index contributed by atoms with van der Waals surface area (Å²) in [4.78, 5) is 4.35. The van der Waals surface area contributed by atoms with Crippen LogP contribution < -0.4 is 5.73 Å². The maximum atomic E-state index is 6.27. The van der Waals surface area contributed by atoms with Crippen molar-refractivity contribution in [3.05, 3.63) is 12.2 Å². The monoisotopic (exact) mass is 280 g/mol. The first kappa shape index (κ1) is 15.4. The topological polar surface area (TPSA) is 66.0 Å². The molecule has 0 aromatic carbocycles. The van der Waals surface area contributed by atoms with E-state index in [2.05, 4.69) is 30.9 Å². The van der Waals surface area contributed by atoms with E-state index >= 15 is 0 Å². The summed E-state index contributed by atoms with van der Waals surface area (Å²) in [5, 5.41) is 4.29. The predicted octanol–water partition coefficient (Wildman–Crippen LogP) is 2.01. The molecule has 2 N–H and O–H groups in total. The van der Waals surface area contributed by atoms with Gasteiger partial charge < -0.3 is 10.5 Å². The van der Waals surface area contributed by atoms with Gasteiger partial charge in [0.2, 0.25) is 0 Å². The minimum atomic E-state index is 0.178. The standard InChI is InChI=1S/C15H28N4O/c1-4-20-14-6-12(7-14)5-13(16)8-15-17-10-18-19(15)9-11(2)3/h10-14H,4-9,16H2,1-3H3. The van der Waals surface area contributed by atoms with Crippen LogP contribution in [0.4, 0.5) is 0 Å². The third-order valence-corrected chi connectivity index (χ3v) is 3.91. The van der Waals surface area contributed by atoms with Crippen LogP contribution in [0.25, 0.3) is 0 Å². The van der Waals surface area contributed by atoms with Gasteiger partial charge in [0, 0.05) is 25.6 Å². The van der Waals surface area contributed by atoms with E-state index < -0.39 is 0 Å². The molecule has 2 rings (SSSR count). The molecule has 0 spiro atoms. The highest BCUT2D eigenvalue weighted by Gasteiger charge is 2.30. The van der Waals surface area contributed by atoms with Crippen LogP contribution in [0.3, 0.4) is 0 Å². The fourth-order valence-corrected chi connectivity index (χ4v) is 2.93. The Labute approximate surface area is 121 Å². The Bertz CT molecular complexity index is 398. The molecule has 0 aliphatic heterocycles. The van der Waals surface area contributed by atoms with Gasteiger partial charge in [-0.2, -0.15) is 5.10 Å². The summed E-state index contributed by atoms with van der Waals surface area (Å²) in [5.74, 6) is 2.32. The van der Waals surface area contributed by atoms with Gasteiger partial charge in [0.25, 0.3) is 0 Å². The van der Waals surface area contributed by atoms with E-state index in [1.807, 2.05) is 4.68 Å². The van der Waals surface area contributed by atoms with Crippen LogP contribution in [0, 0.1) is 11.8 Å². The van der Waals surface area contributed by atoms with Gasteiger partial charge in [0.1, 0.15) is 12.2 Å². The van der Waals surface area contributed by atoms with Crippen molar-refractivity contribution >= 4 is 0 Å². The average molecular weight is 280 g/mol. The Hall–Kier alpha value is -0.940. The van der Waals surface area contributed by atoms with E-state index in [9.17, 15) is 0 Å². The molecule has 0 bridgehead atoms. The molecule has 0 saturated heterocycles. The SMILES string of the molecule is CCOC1CC(CC(N)Cc2ncnn2CC(C)C)C1. The molecule has 1 aliphatic rings. The fraction of sp³-hybridized carbons (Fsp3) is 0.867. The van der Waals surface area contributed by atoms with Crippen molar-refractivity contribution in [2.24, 2.45) is 17.6 Å². The molecule has 20 heavy (non-hydrogen) atoms. The van der Waals surface area contributed by atoms with E-state index in [1.165, 1.54) is 12.8 Å². The lowest BCUT2D eigenvalue weighted by atomic mass is 9.78. The molecule has 5 heteroatoms. The molecule has 1 aromatic heterocycles. The van der Waals surface area contributed by atoms with Gasteiger partial charge in [0.15, 0.2) is 0 Å². The molecular weight excluding hydrogens is 252 g/mol. The highest BCUT2D eigenvalue weighted by atomic mass is 16.5. The molecule has 1 aromatic rings. The van der Waals surface area contributed by atoms with Crippen LogP contribution in [-0.2, 0) is 17.7 Å². The molecule has 1 fully saturated rings. The summed E-state index contributed by atoms with van der Waals surface area (Å²) < 4.78 is 7.59. The number of hydrogen-bond donors (Lipinski definition) is 1. The Balaban J connectivity index is 1.75. The number of rotatable bonds is 8. The van der Waals surface area contributed by atoms with Gasteiger partial charge in [-0.05, 0) is 38.0 Å². The zero-order chi connectivity index (χ0) is 14.5. The second-order valence-electron chi connectivity index (χ2n) is 6.37. The van der Waals surface area contributed by atoms with Crippen molar-refractivity contribution in [2.75, 3.05) is 6.61 Å². The first-order valence-corrected chi connectivity index (χ1v) is 7.82. The summed E-state index contributed by atoms with van der Waals surface area (Å²) in [5.41, 5.74) is 6.27. The summed E-state index contributed by atoms with van der Waals surface area (Å²) in [6.45, 7) is 8.17. The first-order valence-electron chi connectivity index (χ1n) is 7.82. The highest BCUT2D eigenvalue weighted by molar-refractivity contribution is 4.91. The van der Waals surface area contributed by atoms with Crippen LogP contribution >= 0.6 is 0 Å². The maximum absolute atomic E-state index is 6.27. The Morgan fingerprint density at radius 3 is 2.85 bits per heavy atom. The van der Waals surface area contributed by atoms with Gasteiger partial charge in [-0.3, -0.25) is 0 Å². The van der Waals surface area contributed by atoms with Gasteiger partial charge in [0.05, 0.1) is 6.10 Å². The lowest BCUT2D eigenvalue weighted by Crippen LogP contribution is -2.37. The maximum Gasteiger partial charge on any atom is 0.138 e. The molecular formula is C15H28N4O. The third-order valence-electron chi connectivity index (χ3n) is 3.91. The molecule has 5 nitrogen and oxygen atoms in total. The lowest BCUT2D eigenvalue weighted by Gasteiger charge is -2.36. The zero-order valence-electron chi connectivity index (χ0n) is 13.0. The first-order chi connectivity index (χ1) is 9.58. The molecule has 1 unspecified atom stereocenters. The van der Waals surface area contributed by atoms with E-state index in [-0.39, 0.29) is 6.04 Å². The molecule has 1 atom stereocenters. The van der Waals surface area contributed by atoms with Crippen molar-refractivity contribution in [1.82, 2.24) is 14.8 Å². The average Bonchev–Trinajstić information content (AvgIpc) is 2.73. The Kier molecular flexibility index (Phi) is 5.54. The smallest absolute Gasteiger partial charge is 0.138 e. The predicted molar refractivity (Wildman–Crippen MR) is 79.3 cm³/mol. The quantitative estimate of drug-likeness (QED) is 0.791. The number of ether oxygens (including phenoxy) is 1. The fourth-order valence-electron chi connectivity index (χ4n) is 2.93. The van der Waals surface area contributed by atoms with E-state index in [4.69, 9.17) is 10.5 Å². The van der Waals surface area contributed by atoms with Gasteiger partial charge in [-0.25, -0.2) is 9.67 Å². The number of nitrogens with zero attached hydrogens (tertiary/aromatic N) is 3. The summed E-state index contributed by atoms with van der Waals surface area (Å²) in [6, 6.07) is 0.178. The van der Waals surface area contributed by atoms with Gasteiger partial charge >= 0.3 is 0 Å². The molecule has 114 valence electrons. The van der Waals surface area contributed by atoms with Crippen molar-refractivity contribution in [1.29, 1.82) is 0 Å². The summed E-state index contributed by atoms with van der Waals surface area (Å²) in [6.07, 6.45) is 6.33. The molecule has 1 heterocycles. The highest BCUT2D eigenvalue weighted by Crippen LogP contribution is 2.33. The second kappa shape index (κ2) is 7.18.